The highest BCUT2D eigenvalue weighted by molar-refractivity contribution is 5.72. The van der Waals surface area contributed by atoms with Gasteiger partial charge in [0.15, 0.2) is 0 Å². The fourth-order valence-electron chi connectivity index (χ4n) is 2.31. The highest BCUT2D eigenvalue weighted by atomic mass is 16.5. The van der Waals surface area contributed by atoms with Crippen LogP contribution >= 0.6 is 0 Å². The molecule has 0 aromatic carbocycles. The standard InChI is InChI=1S/C12H19N3O2/c1-8(2)11(14-15-13)9-5-4-6-10(7-9)12(16)17-3/h4-5,8-11H,6-7H2,1-3H3. The zero-order valence-electron chi connectivity index (χ0n) is 10.5. The average molecular weight is 237 g/mol. The zero-order chi connectivity index (χ0) is 12.8. The Kier molecular flexibility index (Phi) is 5.04. The van der Waals surface area contributed by atoms with Gasteiger partial charge in [-0.2, -0.15) is 0 Å². The van der Waals surface area contributed by atoms with Crippen LogP contribution in [0.3, 0.4) is 0 Å². The number of methoxy groups -OCH3 is 1. The number of hydrogen-bond donors (Lipinski definition) is 0. The monoisotopic (exact) mass is 237 g/mol. The number of carbonyl (C=O) groups excluding carboxylic acids is 1. The van der Waals surface area contributed by atoms with Crippen molar-refractivity contribution >= 4 is 5.97 Å². The Bertz CT molecular complexity index is 346. The topological polar surface area (TPSA) is 75.1 Å². The van der Waals surface area contributed by atoms with E-state index in [1.165, 1.54) is 7.11 Å². The summed E-state index contributed by atoms with van der Waals surface area (Å²) in [6.07, 6.45) is 5.45. The molecule has 0 fully saturated rings. The van der Waals surface area contributed by atoms with Gasteiger partial charge in [0, 0.05) is 11.0 Å². The Balaban J connectivity index is 2.77. The summed E-state index contributed by atoms with van der Waals surface area (Å²) < 4.78 is 4.76. The molecule has 0 radical (unpaired) electrons. The van der Waals surface area contributed by atoms with E-state index in [0.717, 1.165) is 0 Å². The van der Waals surface area contributed by atoms with Crippen LogP contribution in [0.15, 0.2) is 17.3 Å². The lowest BCUT2D eigenvalue weighted by atomic mass is 9.79. The largest absolute Gasteiger partial charge is 0.469 e. The van der Waals surface area contributed by atoms with Gasteiger partial charge in [0.1, 0.15) is 0 Å². The normalized spacial score (nSPS) is 25.2. The van der Waals surface area contributed by atoms with Crippen molar-refractivity contribution in [2.45, 2.75) is 32.7 Å². The van der Waals surface area contributed by atoms with Crippen molar-refractivity contribution in [1.82, 2.24) is 0 Å². The summed E-state index contributed by atoms with van der Waals surface area (Å²) in [5.74, 6) is 0.105. The molecule has 94 valence electrons. The lowest BCUT2D eigenvalue weighted by Crippen LogP contribution is -2.29. The lowest BCUT2D eigenvalue weighted by Gasteiger charge is -2.29. The van der Waals surface area contributed by atoms with Gasteiger partial charge in [0.25, 0.3) is 0 Å². The van der Waals surface area contributed by atoms with E-state index in [2.05, 4.69) is 16.1 Å². The fraction of sp³-hybridized carbons (Fsp3) is 0.750. The fourth-order valence-corrected chi connectivity index (χ4v) is 2.31. The van der Waals surface area contributed by atoms with Gasteiger partial charge >= 0.3 is 5.97 Å². The minimum atomic E-state index is -0.178. The van der Waals surface area contributed by atoms with Gasteiger partial charge < -0.3 is 4.74 Å². The van der Waals surface area contributed by atoms with E-state index in [0.29, 0.717) is 12.8 Å². The first-order chi connectivity index (χ1) is 8.10. The van der Waals surface area contributed by atoms with Crippen LogP contribution in [0.2, 0.25) is 0 Å². The van der Waals surface area contributed by atoms with Crippen LogP contribution in [0.1, 0.15) is 26.7 Å². The predicted molar refractivity (Wildman–Crippen MR) is 65.1 cm³/mol. The minimum absolute atomic E-state index is 0.0938. The quantitative estimate of drug-likeness (QED) is 0.248. The van der Waals surface area contributed by atoms with E-state index < -0.39 is 0 Å². The van der Waals surface area contributed by atoms with Crippen LogP contribution in [0.25, 0.3) is 10.4 Å². The van der Waals surface area contributed by atoms with Gasteiger partial charge in [-0.3, -0.25) is 4.79 Å². The molecule has 0 saturated carbocycles. The van der Waals surface area contributed by atoms with Gasteiger partial charge in [0.2, 0.25) is 0 Å². The summed E-state index contributed by atoms with van der Waals surface area (Å²) >= 11 is 0. The maximum absolute atomic E-state index is 11.5. The van der Waals surface area contributed by atoms with Gasteiger partial charge in [0.05, 0.1) is 13.0 Å². The molecule has 0 saturated heterocycles. The molecule has 17 heavy (non-hydrogen) atoms. The van der Waals surface area contributed by atoms with Crippen LogP contribution in [0.5, 0.6) is 0 Å². The van der Waals surface area contributed by atoms with Crippen molar-refractivity contribution in [3.05, 3.63) is 22.6 Å². The number of nitrogens with zero attached hydrogens (tertiary/aromatic N) is 3. The zero-order valence-corrected chi connectivity index (χ0v) is 10.5. The van der Waals surface area contributed by atoms with E-state index in [9.17, 15) is 4.79 Å². The number of carbonyl (C=O) groups is 1. The summed E-state index contributed by atoms with van der Waals surface area (Å²) in [4.78, 5) is 14.4. The summed E-state index contributed by atoms with van der Waals surface area (Å²) in [5.41, 5.74) is 8.58. The average Bonchev–Trinajstić information content (AvgIpc) is 2.34. The van der Waals surface area contributed by atoms with Crippen LogP contribution in [0, 0.1) is 17.8 Å². The van der Waals surface area contributed by atoms with E-state index in [1.54, 1.807) is 0 Å². The van der Waals surface area contributed by atoms with Crippen molar-refractivity contribution in [1.29, 1.82) is 0 Å². The number of azide groups is 1. The molecule has 0 spiro atoms. The number of rotatable bonds is 4. The van der Waals surface area contributed by atoms with E-state index in [-0.39, 0.29) is 29.8 Å². The Morgan fingerprint density at radius 2 is 2.29 bits per heavy atom. The van der Waals surface area contributed by atoms with Crippen LogP contribution in [0.4, 0.5) is 0 Å². The second-order valence-electron chi connectivity index (χ2n) is 4.72. The molecule has 0 aromatic heterocycles. The summed E-state index contributed by atoms with van der Waals surface area (Å²) in [6, 6.07) is -0.0938. The predicted octanol–water partition coefficient (Wildman–Crippen LogP) is 3.08. The molecule has 1 aliphatic rings. The van der Waals surface area contributed by atoms with Gasteiger partial charge in [-0.05, 0) is 30.2 Å². The second-order valence-corrected chi connectivity index (χ2v) is 4.72. The Morgan fingerprint density at radius 3 is 2.82 bits per heavy atom. The Morgan fingerprint density at radius 1 is 1.59 bits per heavy atom. The first-order valence-corrected chi connectivity index (χ1v) is 5.88. The molecule has 1 aliphatic carbocycles. The highest BCUT2D eigenvalue weighted by Gasteiger charge is 2.30. The van der Waals surface area contributed by atoms with Crippen molar-refractivity contribution in [3.8, 4) is 0 Å². The molecule has 0 N–H and O–H groups in total. The maximum Gasteiger partial charge on any atom is 0.308 e. The highest BCUT2D eigenvalue weighted by Crippen LogP contribution is 2.31. The van der Waals surface area contributed by atoms with E-state index in [1.807, 2.05) is 19.9 Å². The number of hydrogen-bond acceptors (Lipinski definition) is 3. The summed E-state index contributed by atoms with van der Waals surface area (Å²) in [6.45, 7) is 4.05. The van der Waals surface area contributed by atoms with Crippen LogP contribution in [-0.4, -0.2) is 19.1 Å². The number of allylic oxidation sites excluding steroid dienone is 1. The number of esters is 1. The van der Waals surface area contributed by atoms with Crippen molar-refractivity contribution in [2.24, 2.45) is 22.9 Å². The third kappa shape index (κ3) is 3.49. The Labute approximate surface area is 101 Å². The van der Waals surface area contributed by atoms with Crippen molar-refractivity contribution in [2.75, 3.05) is 7.11 Å². The SMILES string of the molecule is COC(=O)C1CC=CC(C(N=[N+]=[N-])C(C)C)C1. The molecule has 0 bridgehead atoms. The van der Waals surface area contributed by atoms with E-state index >= 15 is 0 Å². The number of ether oxygens (including phenoxy) is 1. The maximum atomic E-state index is 11.5. The summed E-state index contributed by atoms with van der Waals surface area (Å²) in [5, 5.41) is 3.84. The molecule has 3 atom stereocenters. The molecule has 5 nitrogen and oxygen atoms in total. The molecule has 0 heterocycles. The molecule has 0 aliphatic heterocycles. The molecule has 0 amide bonds. The van der Waals surface area contributed by atoms with Gasteiger partial charge in [-0.25, -0.2) is 0 Å². The van der Waals surface area contributed by atoms with Crippen LogP contribution in [-0.2, 0) is 9.53 Å². The Hall–Kier alpha value is -1.48. The lowest BCUT2D eigenvalue weighted by molar-refractivity contribution is -0.146. The third-order valence-corrected chi connectivity index (χ3v) is 3.20. The van der Waals surface area contributed by atoms with Gasteiger partial charge in [-0.15, -0.1) is 0 Å². The van der Waals surface area contributed by atoms with Crippen molar-refractivity contribution in [3.63, 3.8) is 0 Å². The summed E-state index contributed by atoms with van der Waals surface area (Å²) in [7, 11) is 1.41. The molecule has 0 aromatic rings. The van der Waals surface area contributed by atoms with Crippen LogP contribution < -0.4 is 0 Å². The first kappa shape index (κ1) is 13.6. The first-order valence-electron chi connectivity index (χ1n) is 5.88. The van der Waals surface area contributed by atoms with Gasteiger partial charge in [-0.1, -0.05) is 31.1 Å². The molecular formula is C12H19N3O2. The molecule has 3 unspecified atom stereocenters. The molecule has 1 rings (SSSR count). The van der Waals surface area contributed by atoms with E-state index in [4.69, 9.17) is 10.3 Å². The second kappa shape index (κ2) is 6.30. The third-order valence-electron chi connectivity index (χ3n) is 3.20. The molecular weight excluding hydrogens is 218 g/mol. The minimum Gasteiger partial charge on any atom is -0.469 e. The molecule has 5 heteroatoms. The smallest absolute Gasteiger partial charge is 0.308 e. The van der Waals surface area contributed by atoms with Crippen molar-refractivity contribution < 1.29 is 9.53 Å².